The van der Waals surface area contributed by atoms with Crippen LogP contribution >= 0.6 is 23.2 Å². The van der Waals surface area contributed by atoms with Crippen molar-refractivity contribution >= 4 is 23.2 Å². The predicted octanol–water partition coefficient (Wildman–Crippen LogP) is 4.40. The number of piperidine rings is 2. The van der Waals surface area contributed by atoms with E-state index in [1.807, 2.05) is 12.1 Å². The lowest BCUT2D eigenvalue weighted by molar-refractivity contribution is -0.000477. The number of hydrogen-bond acceptors (Lipinski definition) is 2. The third-order valence-corrected chi connectivity index (χ3v) is 5.49. The smallest absolute Gasteiger partial charge is 0.0468 e. The molecule has 3 unspecified atom stereocenters. The van der Waals surface area contributed by atoms with Crippen molar-refractivity contribution in [3.63, 3.8) is 0 Å². The SMILES string of the molecule is CC(c1ccc(Cl)cc1Cl)N1C2CCCC1CC(N)C2. The molecule has 3 atom stereocenters. The van der Waals surface area contributed by atoms with Gasteiger partial charge in [0.15, 0.2) is 0 Å². The van der Waals surface area contributed by atoms with E-state index >= 15 is 0 Å². The van der Waals surface area contributed by atoms with Crippen molar-refractivity contribution in [1.29, 1.82) is 0 Å². The Morgan fingerprint density at radius 2 is 1.85 bits per heavy atom. The number of halogens is 2. The summed E-state index contributed by atoms with van der Waals surface area (Å²) in [6.45, 7) is 2.26. The van der Waals surface area contributed by atoms with Gasteiger partial charge in [0.2, 0.25) is 0 Å². The van der Waals surface area contributed by atoms with Crippen LogP contribution in [0.2, 0.25) is 10.0 Å². The van der Waals surface area contributed by atoms with E-state index in [1.54, 1.807) is 0 Å². The zero-order chi connectivity index (χ0) is 14.3. The Morgan fingerprint density at radius 3 is 2.45 bits per heavy atom. The molecule has 0 spiro atoms. The van der Waals surface area contributed by atoms with Crippen LogP contribution in [0.15, 0.2) is 18.2 Å². The highest BCUT2D eigenvalue weighted by atomic mass is 35.5. The van der Waals surface area contributed by atoms with E-state index in [-0.39, 0.29) is 0 Å². The van der Waals surface area contributed by atoms with Gasteiger partial charge in [-0.1, -0.05) is 35.7 Å². The third kappa shape index (κ3) is 2.71. The normalized spacial score (nSPS) is 32.1. The van der Waals surface area contributed by atoms with Gasteiger partial charge in [0, 0.05) is 34.2 Å². The molecule has 1 aromatic rings. The minimum Gasteiger partial charge on any atom is -0.328 e. The molecular weight excluding hydrogens is 291 g/mol. The molecule has 4 heteroatoms. The zero-order valence-corrected chi connectivity index (χ0v) is 13.4. The van der Waals surface area contributed by atoms with E-state index < -0.39 is 0 Å². The Morgan fingerprint density at radius 1 is 1.20 bits per heavy atom. The zero-order valence-electron chi connectivity index (χ0n) is 11.9. The molecule has 2 N–H and O–H groups in total. The van der Waals surface area contributed by atoms with Gasteiger partial charge in [0.05, 0.1) is 0 Å². The third-order valence-electron chi connectivity index (χ3n) is 4.93. The minimum absolute atomic E-state index is 0.336. The molecule has 0 radical (unpaired) electrons. The summed E-state index contributed by atoms with van der Waals surface area (Å²) in [4.78, 5) is 2.65. The lowest BCUT2D eigenvalue weighted by Gasteiger charge is -2.51. The van der Waals surface area contributed by atoms with Gasteiger partial charge >= 0.3 is 0 Å². The fraction of sp³-hybridized carbons (Fsp3) is 0.625. The first kappa shape index (κ1) is 14.6. The van der Waals surface area contributed by atoms with E-state index in [0.717, 1.165) is 17.9 Å². The van der Waals surface area contributed by atoms with Gasteiger partial charge in [-0.05, 0) is 50.3 Å². The van der Waals surface area contributed by atoms with Gasteiger partial charge in [-0.15, -0.1) is 0 Å². The minimum atomic E-state index is 0.336. The summed E-state index contributed by atoms with van der Waals surface area (Å²) in [5.74, 6) is 0. The largest absolute Gasteiger partial charge is 0.328 e. The molecule has 2 saturated heterocycles. The lowest BCUT2D eigenvalue weighted by Crippen LogP contribution is -2.55. The number of fused-ring (bicyclic) bond motifs is 2. The van der Waals surface area contributed by atoms with Crippen molar-refractivity contribution in [2.45, 2.75) is 63.2 Å². The van der Waals surface area contributed by atoms with Crippen molar-refractivity contribution in [2.24, 2.45) is 5.73 Å². The summed E-state index contributed by atoms with van der Waals surface area (Å²) < 4.78 is 0. The monoisotopic (exact) mass is 312 g/mol. The highest BCUT2D eigenvalue weighted by molar-refractivity contribution is 6.35. The van der Waals surface area contributed by atoms with Crippen LogP contribution in [-0.2, 0) is 0 Å². The van der Waals surface area contributed by atoms with E-state index in [1.165, 1.54) is 24.8 Å². The Bertz CT molecular complexity index is 477. The van der Waals surface area contributed by atoms with Crippen molar-refractivity contribution in [3.8, 4) is 0 Å². The van der Waals surface area contributed by atoms with Gasteiger partial charge in [0.25, 0.3) is 0 Å². The first-order chi connectivity index (χ1) is 9.56. The summed E-state index contributed by atoms with van der Waals surface area (Å²) in [6, 6.07) is 7.78. The molecule has 0 aliphatic carbocycles. The fourth-order valence-corrected chi connectivity index (χ4v) is 4.66. The average molecular weight is 313 g/mol. The molecule has 0 amide bonds. The van der Waals surface area contributed by atoms with E-state index in [4.69, 9.17) is 28.9 Å². The lowest BCUT2D eigenvalue weighted by atomic mass is 9.80. The highest BCUT2D eigenvalue weighted by Gasteiger charge is 2.40. The van der Waals surface area contributed by atoms with E-state index in [0.29, 0.717) is 29.2 Å². The van der Waals surface area contributed by atoms with Crippen LogP contribution in [0.3, 0.4) is 0 Å². The Balaban J connectivity index is 1.87. The van der Waals surface area contributed by atoms with Crippen LogP contribution in [0.1, 0.15) is 50.6 Å². The Hall–Kier alpha value is -0.280. The summed E-state index contributed by atoms with van der Waals surface area (Å²) in [6.07, 6.45) is 6.09. The first-order valence-electron chi connectivity index (χ1n) is 7.54. The molecule has 2 aliphatic rings. The summed E-state index contributed by atoms with van der Waals surface area (Å²) in [7, 11) is 0. The fourth-order valence-electron chi connectivity index (χ4n) is 4.09. The maximum atomic E-state index is 6.39. The molecule has 2 heterocycles. The van der Waals surface area contributed by atoms with Crippen molar-refractivity contribution in [1.82, 2.24) is 4.90 Å². The average Bonchev–Trinajstić information content (AvgIpc) is 2.36. The molecule has 2 bridgehead atoms. The van der Waals surface area contributed by atoms with Crippen LogP contribution in [0.5, 0.6) is 0 Å². The molecule has 20 heavy (non-hydrogen) atoms. The standard InChI is InChI=1S/C16H22Cl2N2/c1-10(15-6-5-11(17)7-16(15)18)20-13-3-2-4-14(20)9-12(19)8-13/h5-7,10,12-14H,2-4,8-9,19H2,1H3. The molecule has 1 aromatic carbocycles. The second-order valence-corrected chi connectivity index (χ2v) is 7.10. The highest BCUT2D eigenvalue weighted by Crippen LogP contribution is 2.41. The molecule has 0 saturated carbocycles. The molecule has 2 aliphatic heterocycles. The second kappa shape index (κ2) is 5.84. The molecule has 110 valence electrons. The van der Waals surface area contributed by atoms with Crippen molar-refractivity contribution in [2.75, 3.05) is 0 Å². The predicted molar refractivity (Wildman–Crippen MR) is 85.4 cm³/mol. The Kier molecular flexibility index (Phi) is 4.28. The van der Waals surface area contributed by atoms with Gasteiger partial charge in [-0.25, -0.2) is 0 Å². The molecule has 3 rings (SSSR count). The summed E-state index contributed by atoms with van der Waals surface area (Å²) in [5.41, 5.74) is 7.39. The number of nitrogens with zero attached hydrogens (tertiary/aromatic N) is 1. The number of benzene rings is 1. The summed E-state index contributed by atoms with van der Waals surface area (Å²) in [5, 5.41) is 1.48. The number of hydrogen-bond donors (Lipinski definition) is 1. The number of rotatable bonds is 2. The Labute approximate surface area is 131 Å². The van der Waals surface area contributed by atoms with Crippen LogP contribution < -0.4 is 5.73 Å². The van der Waals surface area contributed by atoms with Crippen LogP contribution in [0.4, 0.5) is 0 Å². The first-order valence-corrected chi connectivity index (χ1v) is 8.30. The van der Waals surface area contributed by atoms with Crippen LogP contribution in [-0.4, -0.2) is 23.0 Å². The quantitative estimate of drug-likeness (QED) is 0.877. The second-order valence-electron chi connectivity index (χ2n) is 6.26. The van der Waals surface area contributed by atoms with Gasteiger partial charge in [0.1, 0.15) is 0 Å². The van der Waals surface area contributed by atoms with Gasteiger partial charge < -0.3 is 5.73 Å². The van der Waals surface area contributed by atoms with Gasteiger partial charge in [-0.2, -0.15) is 0 Å². The van der Waals surface area contributed by atoms with Crippen LogP contribution in [0.25, 0.3) is 0 Å². The number of nitrogens with two attached hydrogens (primary N) is 1. The maximum Gasteiger partial charge on any atom is 0.0468 e. The van der Waals surface area contributed by atoms with Crippen molar-refractivity contribution in [3.05, 3.63) is 33.8 Å². The van der Waals surface area contributed by atoms with Gasteiger partial charge in [-0.3, -0.25) is 4.90 Å². The molecule has 2 nitrogen and oxygen atoms in total. The molecule has 2 fully saturated rings. The topological polar surface area (TPSA) is 29.3 Å². The molecular formula is C16H22Cl2N2. The summed E-state index contributed by atoms with van der Waals surface area (Å²) >= 11 is 12.4. The van der Waals surface area contributed by atoms with E-state index in [2.05, 4.69) is 17.9 Å². The molecule has 0 aromatic heterocycles. The van der Waals surface area contributed by atoms with Crippen molar-refractivity contribution < 1.29 is 0 Å². The van der Waals surface area contributed by atoms with Crippen LogP contribution in [0, 0.1) is 0 Å². The van der Waals surface area contributed by atoms with E-state index in [9.17, 15) is 0 Å². The maximum absolute atomic E-state index is 6.39.